The van der Waals surface area contributed by atoms with Crippen molar-refractivity contribution in [3.05, 3.63) is 36.7 Å². The van der Waals surface area contributed by atoms with Crippen LogP contribution >= 0.6 is 11.8 Å². The van der Waals surface area contributed by atoms with E-state index in [0.717, 1.165) is 35.2 Å². The van der Waals surface area contributed by atoms with E-state index in [-0.39, 0.29) is 5.91 Å². The van der Waals surface area contributed by atoms with Crippen molar-refractivity contribution in [3.63, 3.8) is 0 Å². The number of anilines is 3. The standard InChI is InChI=1S/C21H29N5OS/c1-4-17-7-5-6-12-26(17)19-13-21(23-15-22-19)28-14-20(27)24-16-8-10-18(11-9-16)25(2)3/h8-11,13,15,17H,4-7,12,14H2,1-3H3,(H,24,27)/t17-/m1/s1. The van der Waals surface area contributed by atoms with Crippen LogP contribution in [-0.4, -0.2) is 48.3 Å². The van der Waals surface area contributed by atoms with E-state index < -0.39 is 0 Å². The average molecular weight is 400 g/mol. The van der Waals surface area contributed by atoms with Crippen LogP contribution in [0.15, 0.2) is 41.7 Å². The van der Waals surface area contributed by atoms with Crippen LogP contribution in [0.5, 0.6) is 0 Å². The third kappa shape index (κ3) is 5.38. The third-order valence-electron chi connectivity index (χ3n) is 5.04. The molecule has 1 aromatic carbocycles. The molecule has 1 aliphatic rings. The Morgan fingerprint density at radius 3 is 2.75 bits per heavy atom. The Bertz CT molecular complexity index is 781. The number of aromatic nitrogens is 2. The molecule has 1 atom stereocenters. The van der Waals surface area contributed by atoms with Gasteiger partial charge in [0, 0.05) is 44.1 Å². The summed E-state index contributed by atoms with van der Waals surface area (Å²) in [6, 6.07) is 10.4. The minimum absolute atomic E-state index is 0.0350. The maximum Gasteiger partial charge on any atom is 0.234 e. The number of hydrogen-bond donors (Lipinski definition) is 1. The summed E-state index contributed by atoms with van der Waals surface area (Å²) in [4.78, 5) is 25.5. The van der Waals surface area contributed by atoms with Crippen LogP contribution in [0.25, 0.3) is 0 Å². The highest BCUT2D eigenvalue weighted by atomic mass is 32.2. The molecule has 1 saturated heterocycles. The van der Waals surface area contributed by atoms with E-state index in [0.29, 0.717) is 11.8 Å². The van der Waals surface area contributed by atoms with Crippen molar-refractivity contribution in [2.75, 3.05) is 41.5 Å². The molecular weight excluding hydrogens is 370 g/mol. The molecule has 7 heteroatoms. The first-order chi connectivity index (χ1) is 13.6. The molecule has 2 heterocycles. The lowest BCUT2D eigenvalue weighted by molar-refractivity contribution is -0.113. The molecule has 2 aromatic rings. The van der Waals surface area contributed by atoms with Gasteiger partial charge in [0.2, 0.25) is 5.91 Å². The van der Waals surface area contributed by atoms with Gasteiger partial charge in [0.15, 0.2) is 0 Å². The molecule has 0 bridgehead atoms. The number of hydrogen-bond acceptors (Lipinski definition) is 6. The van der Waals surface area contributed by atoms with Crippen molar-refractivity contribution >= 4 is 34.9 Å². The van der Waals surface area contributed by atoms with Gasteiger partial charge in [0.05, 0.1) is 5.75 Å². The largest absolute Gasteiger partial charge is 0.378 e. The molecule has 150 valence electrons. The van der Waals surface area contributed by atoms with Gasteiger partial charge in [-0.1, -0.05) is 18.7 Å². The summed E-state index contributed by atoms with van der Waals surface area (Å²) in [7, 11) is 3.99. The Hall–Kier alpha value is -2.28. The fraction of sp³-hybridized carbons (Fsp3) is 0.476. The summed E-state index contributed by atoms with van der Waals surface area (Å²) in [5.41, 5.74) is 1.91. The molecule has 1 fully saturated rings. The first-order valence-corrected chi connectivity index (χ1v) is 10.8. The highest BCUT2D eigenvalue weighted by Gasteiger charge is 2.22. The lowest BCUT2D eigenvalue weighted by Crippen LogP contribution is -2.39. The van der Waals surface area contributed by atoms with Gasteiger partial charge >= 0.3 is 0 Å². The van der Waals surface area contributed by atoms with E-state index in [1.165, 1.54) is 31.0 Å². The summed E-state index contributed by atoms with van der Waals surface area (Å²) in [5, 5.41) is 3.78. The van der Waals surface area contributed by atoms with Gasteiger partial charge in [-0.15, -0.1) is 0 Å². The predicted octanol–water partition coefficient (Wildman–Crippen LogP) is 4.04. The zero-order valence-electron chi connectivity index (χ0n) is 16.9. The van der Waals surface area contributed by atoms with Crippen molar-refractivity contribution < 1.29 is 4.79 Å². The highest BCUT2D eigenvalue weighted by molar-refractivity contribution is 7.99. The number of thioether (sulfide) groups is 1. The maximum atomic E-state index is 12.3. The zero-order valence-corrected chi connectivity index (χ0v) is 17.7. The van der Waals surface area contributed by atoms with Crippen LogP contribution in [0.4, 0.5) is 17.2 Å². The first-order valence-electron chi connectivity index (χ1n) is 9.85. The molecule has 28 heavy (non-hydrogen) atoms. The Balaban J connectivity index is 1.56. The first kappa shape index (κ1) is 20.5. The van der Waals surface area contributed by atoms with Gasteiger partial charge in [-0.25, -0.2) is 9.97 Å². The molecule has 1 amide bonds. The average Bonchev–Trinajstić information content (AvgIpc) is 2.73. The molecule has 0 radical (unpaired) electrons. The van der Waals surface area contributed by atoms with Crippen LogP contribution in [0.3, 0.4) is 0 Å². The SMILES string of the molecule is CC[C@@H]1CCCCN1c1cc(SCC(=O)Nc2ccc(N(C)C)cc2)ncn1. The molecule has 1 aliphatic heterocycles. The van der Waals surface area contributed by atoms with E-state index >= 15 is 0 Å². The van der Waals surface area contributed by atoms with E-state index in [4.69, 9.17) is 0 Å². The van der Waals surface area contributed by atoms with Crippen LogP contribution in [0.2, 0.25) is 0 Å². The predicted molar refractivity (Wildman–Crippen MR) is 117 cm³/mol. The number of piperidine rings is 1. The second-order valence-electron chi connectivity index (χ2n) is 7.24. The molecule has 0 aliphatic carbocycles. The summed E-state index contributed by atoms with van der Waals surface area (Å²) >= 11 is 1.44. The van der Waals surface area contributed by atoms with Gasteiger partial charge in [-0.3, -0.25) is 4.79 Å². The quantitative estimate of drug-likeness (QED) is 0.560. The fourth-order valence-electron chi connectivity index (χ4n) is 3.47. The van der Waals surface area contributed by atoms with Crippen molar-refractivity contribution in [3.8, 4) is 0 Å². The van der Waals surface area contributed by atoms with Crippen molar-refractivity contribution in [1.29, 1.82) is 0 Å². The van der Waals surface area contributed by atoms with E-state index in [9.17, 15) is 4.79 Å². The topological polar surface area (TPSA) is 61.4 Å². The summed E-state index contributed by atoms with van der Waals surface area (Å²) in [6.45, 7) is 3.28. The molecule has 3 rings (SSSR count). The van der Waals surface area contributed by atoms with Crippen LogP contribution < -0.4 is 15.1 Å². The van der Waals surface area contributed by atoms with E-state index in [2.05, 4.69) is 27.1 Å². The van der Waals surface area contributed by atoms with Gasteiger partial charge in [0.25, 0.3) is 0 Å². The van der Waals surface area contributed by atoms with E-state index in [1.54, 1.807) is 6.33 Å². The number of nitrogens with one attached hydrogen (secondary N) is 1. The smallest absolute Gasteiger partial charge is 0.234 e. The number of carbonyl (C=O) groups excluding carboxylic acids is 1. The monoisotopic (exact) mass is 399 g/mol. The third-order valence-corrected chi connectivity index (χ3v) is 5.96. The lowest BCUT2D eigenvalue weighted by Gasteiger charge is -2.36. The van der Waals surface area contributed by atoms with Crippen LogP contribution in [-0.2, 0) is 4.79 Å². The second kappa shape index (κ2) is 9.78. The van der Waals surface area contributed by atoms with Gasteiger partial charge < -0.3 is 15.1 Å². The van der Waals surface area contributed by atoms with Crippen molar-refractivity contribution in [1.82, 2.24) is 9.97 Å². The molecule has 0 saturated carbocycles. The Morgan fingerprint density at radius 1 is 1.25 bits per heavy atom. The number of benzene rings is 1. The Labute approximate surface area is 171 Å². The summed E-state index contributed by atoms with van der Waals surface area (Å²) in [6.07, 6.45) is 6.45. The minimum Gasteiger partial charge on any atom is -0.378 e. The summed E-state index contributed by atoms with van der Waals surface area (Å²) < 4.78 is 0. The van der Waals surface area contributed by atoms with Crippen molar-refractivity contribution in [2.45, 2.75) is 43.7 Å². The molecular formula is C21H29N5OS. The van der Waals surface area contributed by atoms with Crippen LogP contribution in [0.1, 0.15) is 32.6 Å². The Morgan fingerprint density at radius 2 is 2.04 bits per heavy atom. The van der Waals surface area contributed by atoms with E-state index in [1.807, 2.05) is 49.3 Å². The summed E-state index contributed by atoms with van der Waals surface area (Å²) in [5.74, 6) is 1.26. The number of carbonyl (C=O) groups is 1. The minimum atomic E-state index is -0.0350. The van der Waals surface area contributed by atoms with Gasteiger partial charge in [0.1, 0.15) is 17.2 Å². The zero-order chi connectivity index (χ0) is 19.9. The fourth-order valence-corrected chi connectivity index (χ4v) is 4.13. The normalized spacial score (nSPS) is 16.7. The molecule has 1 N–H and O–H groups in total. The van der Waals surface area contributed by atoms with Gasteiger partial charge in [-0.05, 0) is 49.9 Å². The Kier molecular flexibility index (Phi) is 7.14. The number of nitrogens with zero attached hydrogens (tertiary/aromatic N) is 4. The van der Waals surface area contributed by atoms with Crippen molar-refractivity contribution in [2.24, 2.45) is 0 Å². The molecule has 0 spiro atoms. The maximum absolute atomic E-state index is 12.3. The molecule has 0 unspecified atom stereocenters. The lowest BCUT2D eigenvalue weighted by atomic mass is 10.0. The molecule has 6 nitrogen and oxygen atoms in total. The molecule has 1 aromatic heterocycles. The number of rotatable bonds is 7. The number of amides is 1. The second-order valence-corrected chi connectivity index (χ2v) is 8.24. The van der Waals surface area contributed by atoms with Gasteiger partial charge in [-0.2, -0.15) is 0 Å². The highest BCUT2D eigenvalue weighted by Crippen LogP contribution is 2.27. The van der Waals surface area contributed by atoms with Crippen LogP contribution in [0, 0.1) is 0 Å².